The number of aryl methyl sites for hydroxylation is 1. The van der Waals surface area contributed by atoms with Crippen LogP contribution in [0.2, 0.25) is 0 Å². The quantitative estimate of drug-likeness (QED) is 0.789. The molecular weight excluding hydrogens is 314 g/mol. The molecule has 1 aromatic carbocycles. The molecule has 0 unspecified atom stereocenters. The van der Waals surface area contributed by atoms with E-state index in [1.54, 1.807) is 0 Å². The molecule has 1 amide bonds. The molecule has 122 valence electrons. The lowest BCUT2D eigenvalue weighted by molar-refractivity contribution is -0.124. The van der Waals surface area contributed by atoms with Crippen LogP contribution in [0.1, 0.15) is 24.3 Å². The summed E-state index contributed by atoms with van der Waals surface area (Å²) in [5.74, 6) is 0.742. The van der Waals surface area contributed by atoms with Gasteiger partial charge in [-0.1, -0.05) is 29.5 Å². The first-order chi connectivity index (χ1) is 11.3. The number of para-hydroxylation sites is 1. The molecular formula is C16H19N3O3S. The van der Waals surface area contributed by atoms with Crippen LogP contribution in [-0.2, 0) is 16.0 Å². The topological polar surface area (TPSA) is 73.3 Å². The van der Waals surface area contributed by atoms with Crippen LogP contribution in [0.25, 0.3) is 0 Å². The molecule has 0 saturated carbocycles. The Balaban J connectivity index is 1.39. The average Bonchev–Trinajstić information content (AvgIpc) is 3.24. The monoisotopic (exact) mass is 333 g/mol. The standard InChI is InChI=1S/C16H19N3O3S/c20-15(13-8-4-11-22-13)17-16-19-18-14(23-16)9-5-10-21-12-6-2-1-3-7-12/h1-3,6-7,13H,4-5,8-11H2,(H,17,19,20)/t13-/m1/s1. The van der Waals surface area contributed by atoms with Gasteiger partial charge in [0.15, 0.2) is 0 Å². The first kappa shape index (κ1) is 15.9. The summed E-state index contributed by atoms with van der Waals surface area (Å²) in [6.07, 6.45) is 2.99. The van der Waals surface area contributed by atoms with E-state index in [4.69, 9.17) is 9.47 Å². The molecule has 6 nitrogen and oxygen atoms in total. The smallest absolute Gasteiger partial charge is 0.255 e. The van der Waals surface area contributed by atoms with Crippen LogP contribution in [-0.4, -0.2) is 35.4 Å². The fraction of sp³-hybridized carbons (Fsp3) is 0.438. The summed E-state index contributed by atoms with van der Waals surface area (Å²) in [6, 6.07) is 9.72. The minimum absolute atomic E-state index is 0.127. The second-order valence-electron chi connectivity index (χ2n) is 5.26. The minimum Gasteiger partial charge on any atom is -0.494 e. The van der Waals surface area contributed by atoms with E-state index >= 15 is 0 Å². The van der Waals surface area contributed by atoms with Gasteiger partial charge in [-0.25, -0.2) is 0 Å². The minimum atomic E-state index is -0.346. The van der Waals surface area contributed by atoms with E-state index < -0.39 is 0 Å². The van der Waals surface area contributed by atoms with Crippen LogP contribution in [0.4, 0.5) is 5.13 Å². The molecule has 1 aliphatic heterocycles. The summed E-state index contributed by atoms with van der Waals surface area (Å²) < 4.78 is 11.0. The maximum Gasteiger partial charge on any atom is 0.255 e. The molecule has 2 aromatic rings. The maximum atomic E-state index is 11.9. The SMILES string of the molecule is O=C(Nc1nnc(CCCOc2ccccc2)s1)[C@H]1CCCO1. The highest BCUT2D eigenvalue weighted by Crippen LogP contribution is 2.19. The highest BCUT2D eigenvalue weighted by atomic mass is 32.1. The third-order valence-corrected chi connectivity index (χ3v) is 4.36. The number of hydrogen-bond donors (Lipinski definition) is 1. The van der Waals surface area contributed by atoms with Gasteiger partial charge in [0.25, 0.3) is 5.91 Å². The van der Waals surface area contributed by atoms with Crippen LogP contribution in [0.3, 0.4) is 0 Å². The van der Waals surface area contributed by atoms with Crippen LogP contribution in [0, 0.1) is 0 Å². The van der Waals surface area contributed by atoms with Crippen molar-refractivity contribution in [1.29, 1.82) is 0 Å². The van der Waals surface area contributed by atoms with Crippen molar-refractivity contribution >= 4 is 22.4 Å². The number of amides is 1. The van der Waals surface area contributed by atoms with E-state index in [2.05, 4.69) is 15.5 Å². The first-order valence-corrected chi connectivity index (χ1v) is 8.55. The number of anilines is 1. The Kier molecular flexibility index (Phi) is 5.55. The second kappa shape index (κ2) is 8.03. The number of ether oxygens (including phenoxy) is 2. The first-order valence-electron chi connectivity index (χ1n) is 7.74. The van der Waals surface area contributed by atoms with Gasteiger partial charge in [0.2, 0.25) is 5.13 Å². The summed E-state index contributed by atoms with van der Waals surface area (Å²) >= 11 is 1.40. The van der Waals surface area contributed by atoms with Gasteiger partial charge < -0.3 is 9.47 Å². The van der Waals surface area contributed by atoms with Crippen LogP contribution in [0.5, 0.6) is 5.75 Å². The van der Waals surface area contributed by atoms with Gasteiger partial charge in [0.05, 0.1) is 6.61 Å². The highest BCUT2D eigenvalue weighted by molar-refractivity contribution is 7.15. The molecule has 1 fully saturated rings. The molecule has 1 saturated heterocycles. The van der Waals surface area contributed by atoms with Crippen molar-refractivity contribution in [2.24, 2.45) is 0 Å². The molecule has 0 aliphatic carbocycles. The Labute approximate surface area is 138 Å². The van der Waals surface area contributed by atoms with Gasteiger partial charge in [-0.05, 0) is 31.4 Å². The van der Waals surface area contributed by atoms with Gasteiger partial charge in [-0.2, -0.15) is 0 Å². The number of benzene rings is 1. The molecule has 0 bridgehead atoms. The van der Waals surface area contributed by atoms with Crippen LogP contribution >= 0.6 is 11.3 Å². The molecule has 1 aromatic heterocycles. The van der Waals surface area contributed by atoms with Crippen molar-refractivity contribution < 1.29 is 14.3 Å². The van der Waals surface area contributed by atoms with Crippen LogP contribution in [0.15, 0.2) is 30.3 Å². The van der Waals surface area contributed by atoms with E-state index in [9.17, 15) is 4.79 Å². The zero-order valence-electron chi connectivity index (χ0n) is 12.7. The molecule has 0 radical (unpaired) electrons. The molecule has 1 N–H and O–H groups in total. The number of hydrogen-bond acceptors (Lipinski definition) is 6. The Hall–Kier alpha value is -1.99. The number of aromatic nitrogens is 2. The number of nitrogens with one attached hydrogen (secondary N) is 1. The number of carbonyl (C=O) groups is 1. The molecule has 0 spiro atoms. The fourth-order valence-corrected chi connectivity index (χ4v) is 3.09. The lowest BCUT2D eigenvalue weighted by Gasteiger charge is -2.07. The van der Waals surface area contributed by atoms with E-state index in [0.29, 0.717) is 18.3 Å². The number of carbonyl (C=O) groups excluding carboxylic acids is 1. The molecule has 2 heterocycles. The van der Waals surface area contributed by atoms with Gasteiger partial charge in [-0.3, -0.25) is 10.1 Å². The van der Waals surface area contributed by atoms with Crippen molar-refractivity contribution in [3.8, 4) is 5.75 Å². The fourth-order valence-electron chi connectivity index (χ4n) is 2.31. The summed E-state index contributed by atoms with van der Waals surface area (Å²) in [4.78, 5) is 11.9. The zero-order chi connectivity index (χ0) is 15.9. The van der Waals surface area contributed by atoms with E-state index in [1.807, 2.05) is 30.3 Å². The summed E-state index contributed by atoms with van der Waals surface area (Å²) in [5.41, 5.74) is 0. The Bertz CT molecular complexity index is 627. The van der Waals surface area contributed by atoms with Crippen molar-refractivity contribution in [1.82, 2.24) is 10.2 Å². The molecule has 7 heteroatoms. The second-order valence-corrected chi connectivity index (χ2v) is 6.32. The van der Waals surface area contributed by atoms with Crippen molar-refractivity contribution in [3.63, 3.8) is 0 Å². The van der Waals surface area contributed by atoms with Gasteiger partial charge in [-0.15, -0.1) is 10.2 Å². The van der Waals surface area contributed by atoms with Crippen molar-refractivity contribution in [2.75, 3.05) is 18.5 Å². The number of nitrogens with zero attached hydrogens (tertiary/aromatic N) is 2. The summed E-state index contributed by atoms with van der Waals surface area (Å²) in [5, 5.41) is 12.3. The molecule has 3 rings (SSSR count). The normalized spacial score (nSPS) is 17.1. The molecule has 1 aliphatic rings. The lowest BCUT2D eigenvalue weighted by atomic mass is 10.2. The van der Waals surface area contributed by atoms with Crippen LogP contribution < -0.4 is 10.1 Å². The Morgan fingerprint density at radius 3 is 3.00 bits per heavy atom. The van der Waals surface area contributed by atoms with Gasteiger partial charge in [0, 0.05) is 13.0 Å². The lowest BCUT2D eigenvalue weighted by Crippen LogP contribution is -2.26. The predicted octanol–water partition coefficient (Wildman–Crippen LogP) is 2.67. The van der Waals surface area contributed by atoms with Gasteiger partial charge >= 0.3 is 0 Å². The third kappa shape index (κ3) is 4.74. The number of rotatable bonds is 7. The predicted molar refractivity (Wildman–Crippen MR) is 87.8 cm³/mol. The third-order valence-electron chi connectivity index (χ3n) is 3.47. The van der Waals surface area contributed by atoms with E-state index in [-0.39, 0.29) is 12.0 Å². The summed E-state index contributed by atoms with van der Waals surface area (Å²) in [6.45, 7) is 1.28. The Morgan fingerprint density at radius 1 is 1.35 bits per heavy atom. The zero-order valence-corrected chi connectivity index (χ0v) is 13.6. The Morgan fingerprint density at radius 2 is 2.22 bits per heavy atom. The average molecular weight is 333 g/mol. The van der Waals surface area contributed by atoms with Crippen molar-refractivity contribution in [2.45, 2.75) is 31.8 Å². The molecule has 23 heavy (non-hydrogen) atoms. The van der Waals surface area contributed by atoms with E-state index in [0.717, 1.165) is 36.4 Å². The largest absolute Gasteiger partial charge is 0.494 e. The molecule has 1 atom stereocenters. The maximum absolute atomic E-state index is 11.9. The summed E-state index contributed by atoms with van der Waals surface area (Å²) in [7, 11) is 0. The van der Waals surface area contributed by atoms with Gasteiger partial charge in [0.1, 0.15) is 16.9 Å². The highest BCUT2D eigenvalue weighted by Gasteiger charge is 2.24. The van der Waals surface area contributed by atoms with E-state index in [1.165, 1.54) is 11.3 Å². The van der Waals surface area contributed by atoms with Crippen molar-refractivity contribution in [3.05, 3.63) is 35.3 Å².